The van der Waals surface area contributed by atoms with Gasteiger partial charge in [-0.25, -0.2) is 0 Å². The Balaban J connectivity index is 1.81. The van der Waals surface area contributed by atoms with Gasteiger partial charge in [-0.1, -0.05) is 36.7 Å². The quantitative estimate of drug-likeness (QED) is 0.910. The summed E-state index contributed by atoms with van der Waals surface area (Å²) in [4.78, 5) is 5.81. The predicted octanol–water partition coefficient (Wildman–Crippen LogP) is 3.42. The van der Waals surface area contributed by atoms with Crippen LogP contribution in [0.3, 0.4) is 0 Å². The maximum absolute atomic E-state index is 9.54. The highest BCUT2D eigenvalue weighted by atomic mass is 35.5. The highest BCUT2D eigenvalue weighted by molar-refractivity contribution is 6.36. The van der Waals surface area contributed by atoms with Gasteiger partial charge in [0.1, 0.15) is 0 Å². The van der Waals surface area contributed by atoms with E-state index in [0.717, 1.165) is 54.1 Å². The number of halogens is 1. The molecule has 0 radical (unpaired) electrons. The number of nitrogens with one attached hydrogen (secondary N) is 1. The van der Waals surface area contributed by atoms with E-state index in [4.69, 9.17) is 11.6 Å². The van der Waals surface area contributed by atoms with Crippen molar-refractivity contribution in [2.75, 3.05) is 19.7 Å². The molecule has 1 aromatic carbocycles. The minimum absolute atomic E-state index is 0.0245. The number of hydrogen-bond donors (Lipinski definition) is 2. The molecule has 4 heteroatoms. The molecule has 0 aliphatic carbocycles. The Morgan fingerprint density at radius 3 is 2.95 bits per heavy atom. The molecule has 108 valence electrons. The van der Waals surface area contributed by atoms with Crippen molar-refractivity contribution in [1.29, 1.82) is 0 Å². The lowest BCUT2D eigenvalue weighted by Crippen LogP contribution is -2.43. The Bertz CT molecular complexity index is 610. The first-order chi connectivity index (χ1) is 9.61. The zero-order valence-corrected chi connectivity index (χ0v) is 12.6. The molecule has 1 saturated heterocycles. The number of aliphatic hydroxyl groups excluding tert-OH is 1. The smallest absolute Gasteiger partial charge is 0.0705 e. The van der Waals surface area contributed by atoms with Gasteiger partial charge in [-0.15, -0.1) is 0 Å². The van der Waals surface area contributed by atoms with Crippen molar-refractivity contribution < 1.29 is 5.11 Å². The first kappa shape index (κ1) is 13.9. The monoisotopic (exact) mass is 292 g/mol. The van der Waals surface area contributed by atoms with Gasteiger partial charge in [-0.2, -0.15) is 0 Å². The summed E-state index contributed by atoms with van der Waals surface area (Å²) in [6.07, 6.45) is 2.23. The molecule has 1 unspecified atom stereocenters. The van der Waals surface area contributed by atoms with Gasteiger partial charge in [0, 0.05) is 41.7 Å². The molecule has 2 N–H and O–H groups in total. The molecule has 20 heavy (non-hydrogen) atoms. The van der Waals surface area contributed by atoms with Gasteiger partial charge in [0.2, 0.25) is 0 Å². The lowest BCUT2D eigenvalue weighted by Gasteiger charge is -2.39. The van der Waals surface area contributed by atoms with Gasteiger partial charge in [0.25, 0.3) is 0 Å². The zero-order valence-electron chi connectivity index (χ0n) is 11.8. The summed E-state index contributed by atoms with van der Waals surface area (Å²) in [6, 6.07) is 8.13. The number of fused-ring (bicyclic) bond motifs is 1. The van der Waals surface area contributed by atoms with Gasteiger partial charge >= 0.3 is 0 Å². The topological polar surface area (TPSA) is 39.3 Å². The lowest BCUT2D eigenvalue weighted by molar-refractivity contribution is 0.0425. The fourth-order valence-corrected chi connectivity index (χ4v) is 3.46. The van der Waals surface area contributed by atoms with Crippen LogP contribution < -0.4 is 0 Å². The molecule has 2 heterocycles. The second-order valence-corrected chi connectivity index (χ2v) is 6.62. The number of nitrogens with zero attached hydrogens (tertiary/aromatic N) is 1. The van der Waals surface area contributed by atoms with Gasteiger partial charge < -0.3 is 10.1 Å². The Hall–Kier alpha value is -1.03. The summed E-state index contributed by atoms with van der Waals surface area (Å²) < 4.78 is 0. The molecule has 3 nitrogen and oxygen atoms in total. The van der Waals surface area contributed by atoms with Crippen molar-refractivity contribution in [3.8, 4) is 0 Å². The van der Waals surface area contributed by atoms with E-state index in [9.17, 15) is 5.11 Å². The van der Waals surface area contributed by atoms with Crippen molar-refractivity contribution in [3.05, 3.63) is 35.0 Å². The first-order valence-corrected chi connectivity index (χ1v) is 7.57. The van der Waals surface area contributed by atoms with Crippen LogP contribution in [0.4, 0.5) is 0 Å². The molecular formula is C16H21ClN2O. The number of para-hydroxylation sites is 1. The number of aliphatic hydroxyl groups is 1. The number of piperidine rings is 1. The molecule has 1 aliphatic rings. The van der Waals surface area contributed by atoms with Crippen LogP contribution in [-0.2, 0) is 6.54 Å². The third kappa shape index (κ3) is 2.58. The van der Waals surface area contributed by atoms with Crippen LogP contribution in [0.15, 0.2) is 24.3 Å². The first-order valence-electron chi connectivity index (χ1n) is 7.20. The molecule has 1 aliphatic heterocycles. The largest absolute Gasteiger partial charge is 0.396 e. The fourth-order valence-electron chi connectivity index (χ4n) is 3.19. The van der Waals surface area contributed by atoms with E-state index in [2.05, 4.69) is 22.9 Å². The van der Waals surface area contributed by atoms with E-state index in [0.29, 0.717) is 0 Å². The molecule has 2 aromatic rings. The number of aromatic amines is 1. The number of aromatic nitrogens is 1. The SMILES string of the molecule is CC1(CO)CCCN(Cc2[nH]c3ccccc3c2Cl)C1. The van der Waals surface area contributed by atoms with E-state index in [1.54, 1.807) is 0 Å². The molecule has 1 atom stereocenters. The lowest BCUT2D eigenvalue weighted by atomic mass is 9.83. The Labute approximate surface area is 124 Å². The highest BCUT2D eigenvalue weighted by Gasteiger charge is 2.30. The predicted molar refractivity (Wildman–Crippen MR) is 83.0 cm³/mol. The highest BCUT2D eigenvalue weighted by Crippen LogP contribution is 2.32. The minimum Gasteiger partial charge on any atom is -0.396 e. The number of H-pyrrole nitrogens is 1. The molecule has 3 rings (SSSR count). The fraction of sp³-hybridized carbons (Fsp3) is 0.500. The number of benzene rings is 1. The second-order valence-electron chi connectivity index (χ2n) is 6.25. The summed E-state index contributed by atoms with van der Waals surface area (Å²) in [5, 5.41) is 11.5. The summed E-state index contributed by atoms with van der Waals surface area (Å²) in [5.74, 6) is 0. The Morgan fingerprint density at radius 1 is 1.40 bits per heavy atom. The van der Waals surface area contributed by atoms with Crippen LogP contribution in [-0.4, -0.2) is 34.7 Å². The number of likely N-dealkylation sites (tertiary alicyclic amines) is 1. The van der Waals surface area contributed by atoms with Crippen molar-refractivity contribution in [2.45, 2.75) is 26.3 Å². The van der Waals surface area contributed by atoms with E-state index in [1.165, 1.54) is 0 Å². The molecule has 0 spiro atoms. The van der Waals surface area contributed by atoms with Crippen LogP contribution in [0.25, 0.3) is 10.9 Å². The van der Waals surface area contributed by atoms with E-state index >= 15 is 0 Å². The zero-order chi connectivity index (χ0) is 14.2. The van der Waals surface area contributed by atoms with Gasteiger partial charge in [0.15, 0.2) is 0 Å². The number of rotatable bonds is 3. The Morgan fingerprint density at radius 2 is 2.20 bits per heavy atom. The molecule has 0 amide bonds. The standard InChI is InChI=1S/C16H21ClN2O/c1-16(11-20)7-4-8-19(10-16)9-14-15(17)12-5-2-3-6-13(12)18-14/h2-3,5-6,18,20H,4,7-11H2,1H3. The van der Waals surface area contributed by atoms with Crippen molar-refractivity contribution in [2.24, 2.45) is 5.41 Å². The normalized spacial score (nSPS) is 24.4. The van der Waals surface area contributed by atoms with E-state index in [-0.39, 0.29) is 12.0 Å². The maximum atomic E-state index is 9.54. The van der Waals surface area contributed by atoms with Crippen LogP contribution in [0.2, 0.25) is 5.02 Å². The average Bonchev–Trinajstić information content (AvgIpc) is 2.76. The van der Waals surface area contributed by atoms with Gasteiger partial charge in [0.05, 0.1) is 5.02 Å². The summed E-state index contributed by atoms with van der Waals surface area (Å²) in [5.41, 5.74) is 2.20. The van der Waals surface area contributed by atoms with Gasteiger partial charge in [-0.05, 0) is 25.5 Å². The third-order valence-corrected chi connectivity index (χ3v) is 4.77. The molecule has 1 aromatic heterocycles. The van der Waals surface area contributed by atoms with Crippen molar-refractivity contribution in [3.63, 3.8) is 0 Å². The number of hydrogen-bond acceptors (Lipinski definition) is 2. The van der Waals surface area contributed by atoms with Crippen molar-refractivity contribution >= 4 is 22.5 Å². The molecule has 0 bridgehead atoms. The summed E-state index contributed by atoms with van der Waals surface area (Å²) >= 11 is 6.47. The second kappa shape index (κ2) is 5.40. The molecule has 0 saturated carbocycles. The van der Waals surface area contributed by atoms with Crippen LogP contribution >= 0.6 is 11.6 Å². The minimum atomic E-state index is 0.0245. The van der Waals surface area contributed by atoms with Gasteiger partial charge in [-0.3, -0.25) is 4.90 Å². The third-order valence-electron chi connectivity index (χ3n) is 4.34. The maximum Gasteiger partial charge on any atom is 0.0705 e. The average molecular weight is 293 g/mol. The summed E-state index contributed by atoms with van der Waals surface area (Å²) in [6.45, 7) is 5.23. The van der Waals surface area contributed by atoms with Crippen LogP contribution in [0, 0.1) is 5.41 Å². The molecule has 1 fully saturated rings. The van der Waals surface area contributed by atoms with E-state index < -0.39 is 0 Å². The van der Waals surface area contributed by atoms with Crippen LogP contribution in [0.1, 0.15) is 25.5 Å². The Kier molecular flexibility index (Phi) is 3.76. The van der Waals surface area contributed by atoms with Crippen LogP contribution in [0.5, 0.6) is 0 Å². The summed E-state index contributed by atoms with van der Waals surface area (Å²) in [7, 11) is 0. The van der Waals surface area contributed by atoms with E-state index in [1.807, 2.05) is 18.2 Å². The van der Waals surface area contributed by atoms with Crippen molar-refractivity contribution in [1.82, 2.24) is 9.88 Å². The molecular weight excluding hydrogens is 272 g/mol.